The molecule has 0 spiro atoms. The Balaban J connectivity index is 2.61. The number of aliphatic hydroxyl groups excluding tert-OH is 1. The van der Waals surface area contributed by atoms with Crippen LogP contribution < -0.4 is 5.32 Å². The van der Waals surface area contributed by atoms with Gasteiger partial charge in [-0.05, 0) is 24.1 Å². The molecule has 0 radical (unpaired) electrons. The second-order valence-corrected chi connectivity index (χ2v) is 4.33. The van der Waals surface area contributed by atoms with Gasteiger partial charge >= 0.3 is 0 Å². The molecule has 0 saturated carbocycles. The second-order valence-electron chi connectivity index (χ2n) is 4.33. The van der Waals surface area contributed by atoms with Gasteiger partial charge in [-0.15, -0.1) is 0 Å². The van der Waals surface area contributed by atoms with Gasteiger partial charge in [0.1, 0.15) is 5.82 Å². The zero-order valence-electron chi connectivity index (χ0n) is 11.1. The van der Waals surface area contributed by atoms with Gasteiger partial charge in [-0.2, -0.15) is 0 Å². The number of alkyl halides is 2. The summed E-state index contributed by atoms with van der Waals surface area (Å²) in [5.74, 6) is 0.750. The average molecular weight is 273 g/mol. The summed E-state index contributed by atoms with van der Waals surface area (Å²) in [6.45, 7) is 3.05. The molecule has 0 aromatic carbocycles. The zero-order valence-corrected chi connectivity index (χ0v) is 11.1. The lowest BCUT2D eigenvalue weighted by atomic mass is 10.2. The summed E-state index contributed by atoms with van der Waals surface area (Å²) in [4.78, 5) is 5.70. The Morgan fingerprint density at radius 2 is 2.26 bits per heavy atom. The van der Waals surface area contributed by atoms with Crippen LogP contribution in [0.2, 0.25) is 0 Å². The molecule has 19 heavy (non-hydrogen) atoms. The summed E-state index contributed by atoms with van der Waals surface area (Å²) in [5, 5.41) is 12.0. The number of hydrogen-bond acceptors (Lipinski definition) is 4. The molecule has 1 aromatic rings. The molecule has 0 atom stereocenters. The molecule has 0 aliphatic heterocycles. The van der Waals surface area contributed by atoms with Crippen LogP contribution in [-0.2, 0) is 6.54 Å². The highest BCUT2D eigenvalue weighted by Gasteiger charge is 2.12. The maximum absolute atomic E-state index is 12.4. The summed E-state index contributed by atoms with van der Waals surface area (Å²) in [7, 11) is 0. The Bertz CT molecular complexity index is 363. The molecule has 0 amide bonds. The van der Waals surface area contributed by atoms with Gasteiger partial charge in [0.15, 0.2) is 0 Å². The summed E-state index contributed by atoms with van der Waals surface area (Å²) in [5.41, 5.74) is 0.905. The second kappa shape index (κ2) is 8.77. The van der Waals surface area contributed by atoms with Crippen molar-refractivity contribution in [3.05, 3.63) is 23.9 Å². The van der Waals surface area contributed by atoms with Crippen molar-refractivity contribution in [1.29, 1.82) is 0 Å². The minimum atomic E-state index is -2.40. The van der Waals surface area contributed by atoms with Crippen molar-refractivity contribution in [3.8, 4) is 0 Å². The van der Waals surface area contributed by atoms with Crippen LogP contribution in [0.25, 0.3) is 0 Å². The first kappa shape index (κ1) is 15.8. The Morgan fingerprint density at radius 1 is 1.47 bits per heavy atom. The first-order valence-corrected chi connectivity index (χ1v) is 6.45. The highest BCUT2D eigenvalue weighted by molar-refractivity contribution is 5.37. The lowest BCUT2D eigenvalue weighted by Crippen LogP contribution is -2.31. The Labute approximate surface area is 112 Å². The van der Waals surface area contributed by atoms with Gasteiger partial charge in [0.2, 0.25) is 0 Å². The van der Waals surface area contributed by atoms with E-state index in [-0.39, 0.29) is 19.7 Å². The largest absolute Gasteiger partial charge is 0.395 e. The van der Waals surface area contributed by atoms with Crippen molar-refractivity contribution in [2.45, 2.75) is 26.3 Å². The Kier molecular flexibility index (Phi) is 7.28. The molecule has 1 aromatic heterocycles. The fraction of sp³-hybridized carbons (Fsp3) is 0.615. The molecule has 0 unspecified atom stereocenters. The fourth-order valence-corrected chi connectivity index (χ4v) is 1.75. The molecule has 0 saturated heterocycles. The topological polar surface area (TPSA) is 48.4 Å². The number of rotatable bonds is 9. The van der Waals surface area contributed by atoms with E-state index in [4.69, 9.17) is 5.11 Å². The van der Waals surface area contributed by atoms with Crippen LogP contribution in [-0.4, -0.2) is 47.7 Å². The van der Waals surface area contributed by atoms with E-state index >= 15 is 0 Å². The van der Waals surface area contributed by atoms with E-state index in [2.05, 4.69) is 17.2 Å². The number of nitrogens with zero attached hydrogens (tertiary/aromatic N) is 2. The monoisotopic (exact) mass is 273 g/mol. The fourth-order valence-electron chi connectivity index (χ4n) is 1.75. The standard InChI is InChI=1S/C13H21F2N3O/c1-2-4-16-13-8-11(3-5-17-13)9-18(6-7-19)10-12(14)15/h3,5,8,12,19H,2,4,6-7,9-10H2,1H3,(H,16,17). The zero-order chi connectivity index (χ0) is 14.1. The highest BCUT2D eigenvalue weighted by atomic mass is 19.3. The normalized spacial score (nSPS) is 11.3. The van der Waals surface area contributed by atoms with Crippen molar-refractivity contribution in [3.63, 3.8) is 0 Å². The molecule has 0 bridgehead atoms. The van der Waals surface area contributed by atoms with Crippen molar-refractivity contribution < 1.29 is 13.9 Å². The van der Waals surface area contributed by atoms with Gasteiger partial charge in [-0.1, -0.05) is 6.92 Å². The number of anilines is 1. The summed E-state index contributed by atoms with van der Waals surface area (Å²) in [6.07, 6.45) is 0.256. The van der Waals surface area contributed by atoms with Crippen LogP contribution in [0.4, 0.5) is 14.6 Å². The maximum atomic E-state index is 12.4. The van der Waals surface area contributed by atoms with Gasteiger partial charge in [0, 0.05) is 25.8 Å². The number of aliphatic hydroxyl groups is 1. The first-order chi connectivity index (χ1) is 9.15. The van der Waals surface area contributed by atoms with Crippen molar-refractivity contribution in [2.24, 2.45) is 0 Å². The Hall–Kier alpha value is -1.27. The van der Waals surface area contributed by atoms with Crippen LogP contribution in [0, 0.1) is 0 Å². The van der Waals surface area contributed by atoms with Gasteiger partial charge < -0.3 is 10.4 Å². The van der Waals surface area contributed by atoms with E-state index in [1.54, 1.807) is 12.3 Å². The molecule has 108 valence electrons. The minimum absolute atomic E-state index is 0.126. The van der Waals surface area contributed by atoms with Gasteiger partial charge in [-0.3, -0.25) is 4.90 Å². The summed E-state index contributed by atoms with van der Waals surface area (Å²) < 4.78 is 24.8. The smallest absolute Gasteiger partial charge is 0.251 e. The van der Waals surface area contributed by atoms with Crippen LogP contribution >= 0.6 is 0 Å². The van der Waals surface area contributed by atoms with E-state index in [0.717, 1.165) is 24.3 Å². The van der Waals surface area contributed by atoms with Crippen LogP contribution in [0.3, 0.4) is 0 Å². The molecule has 4 nitrogen and oxygen atoms in total. The van der Waals surface area contributed by atoms with E-state index in [9.17, 15) is 8.78 Å². The molecule has 0 aliphatic carbocycles. The predicted octanol–water partition coefficient (Wildman–Crippen LogP) is 1.96. The number of pyridine rings is 1. The maximum Gasteiger partial charge on any atom is 0.251 e. The molecular weight excluding hydrogens is 252 g/mol. The molecule has 0 aliphatic rings. The molecule has 6 heteroatoms. The SMILES string of the molecule is CCCNc1cc(CN(CCO)CC(F)F)ccn1. The third-order valence-electron chi connectivity index (χ3n) is 2.60. The lowest BCUT2D eigenvalue weighted by Gasteiger charge is -2.21. The number of halogens is 2. The molecule has 1 heterocycles. The van der Waals surface area contributed by atoms with Crippen molar-refractivity contribution >= 4 is 5.82 Å². The Morgan fingerprint density at radius 3 is 2.89 bits per heavy atom. The van der Waals surface area contributed by atoms with Gasteiger partial charge in [0.05, 0.1) is 13.2 Å². The van der Waals surface area contributed by atoms with Gasteiger partial charge in [-0.25, -0.2) is 13.8 Å². The van der Waals surface area contributed by atoms with E-state index in [1.807, 2.05) is 6.07 Å². The van der Waals surface area contributed by atoms with Crippen LogP contribution in [0.15, 0.2) is 18.3 Å². The van der Waals surface area contributed by atoms with Crippen LogP contribution in [0.5, 0.6) is 0 Å². The first-order valence-electron chi connectivity index (χ1n) is 6.45. The third-order valence-corrected chi connectivity index (χ3v) is 2.60. The highest BCUT2D eigenvalue weighted by Crippen LogP contribution is 2.11. The predicted molar refractivity (Wildman–Crippen MR) is 71.4 cm³/mol. The van der Waals surface area contributed by atoms with E-state index < -0.39 is 6.43 Å². The van der Waals surface area contributed by atoms with Gasteiger partial charge in [0.25, 0.3) is 6.43 Å². The number of hydrogen-bond donors (Lipinski definition) is 2. The molecule has 2 N–H and O–H groups in total. The van der Waals surface area contributed by atoms with E-state index in [1.165, 1.54) is 4.90 Å². The van der Waals surface area contributed by atoms with Crippen LogP contribution in [0.1, 0.15) is 18.9 Å². The summed E-state index contributed by atoms with van der Waals surface area (Å²) in [6, 6.07) is 3.65. The van der Waals surface area contributed by atoms with Crippen molar-refractivity contribution in [2.75, 3.05) is 31.6 Å². The molecule has 0 fully saturated rings. The lowest BCUT2D eigenvalue weighted by molar-refractivity contribution is 0.0746. The molecular formula is C13H21F2N3O. The van der Waals surface area contributed by atoms with Crippen molar-refractivity contribution in [1.82, 2.24) is 9.88 Å². The number of nitrogens with one attached hydrogen (secondary N) is 1. The minimum Gasteiger partial charge on any atom is -0.395 e. The molecule has 1 rings (SSSR count). The number of aromatic nitrogens is 1. The third kappa shape index (κ3) is 6.45. The van der Waals surface area contributed by atoms with E-state index in [0.29, 0.717) is 6.54 Å². The quantitative estimate of drug-likeness (QED) is 0.722. The average Bonchev–Trinajstić information content (AvgIpc) is 2.36. The summed E-state index contributed by atoms with van der Waals surface area (Å²) >= 11 is 0.